The molecule has 0 saturated carbocycles. The minimum Gasteiger partial charge on any atom is -0.503 e. The summed E-state index contributed by atoms with van der Waals surface area (Å²) in [5.74, 6) is -1.65. The quantitative estimate of drug-likeness (QED) is 0.626. The van der Waals surface area contributed by atoms with Gasteiger partial charge in [0.2, 0.25) is 6.79 Å². The Morgan fingerprint density at radius 1 is 1.10 bits per heavy atom. The van der Waals surface area contributed by atoms with E-state index in [1.165, 1.54) is 10.5 Å². The highest BCUT2D eigenvalue weighted by molar-refractivity contribution is 6.04. The van der Waals surface area contributed by atoms with E-state index in [1.807, 2.05) is 18.2 Å². The van der Waals surface area contributed by atoms with Gasteiger partial charge in [-0.1, -0.05) is 30.3 Å². The van der Waals surface area contributed by atoms with Gasteiger partial charge < -0.3 is 24.6 Å². The van der Waals surface area contributed by atoms with Gasteiger partial charge >= 0.3 is 5.97 Å². The zero-order valence-electron chi connectivity index (χ0n) is 17.3. The lowest BCUT2D eigenvalue weighted by Crippen LogP contribution is -2.52. The van der Waals surface area contributed by atoms with Crippen molar-refractivity contribution in [3.8, 4) is 0 Å². The molecule has 1 unspecified atom stereocenters. The number of amides is 1. The number of ether oxygens (including phenoxy) is 2. The Balaban J connectivity index is 1.30. The minimum atomic E-state index is -1.25. The monoisotopic (exact) mass is 429 g/mol. The molecule has 166 valence electrons. The third-order valence-corrected chi connectivity index (χ3v) is 6.01. The molecular weight excluding hydrogens is 402 g/mol. The highest BCUT2D eigenvalue weighted by atomic mass is 16.7. The Bertz CT molecular complexity index is 876. The van der Waals surface area contributed by atoms with Crippen LogP contribution >= 0.6 is 0 Å². The van der Waals surface area contributed by atoms with E-state index in [0.717, 1.165) is 38.4 Å². The maximum absolute atomic E-state index is 12.1. The molecule has 1 aromatic carbocycles. The van der Waals surface area contributed by atoms with Crippen molar-refractivity contribution >= 4 is 11.9 Å². The standard InChI is InChI=1S/C22H27N3O6/c26-20-17(22(28)29)13-25(21(20)27)11-8-23-6-9-24(10-7-23)18(19-14-30-15-31-19)12-16-4-2-1-3-5-16/h1-5,14,18,26H,6-13,15H2,(H,28,29). The number of rotatable bonds is 8. The molecule has 2 N–H and O–H groups in total. The predicted octanol–water partition coefficient (Wildman–Crippen LogP) is 0.800. The van der Waals surface area contributed by atoms with Gasteiger partial charge in [-0.2, -0.15) is 0 Å². The van der Waals surface area contributed by atoms with Crippen LogP contribution in [-0.2, 0) is 25.5 Å². The van der Waals surface area contributed by atoms with Crippen molar-refractivity contribution in [2.75, 3.05) is 52.6 Å². The molecule has 1 atom stereocenters. The third kappa shape index (κ3) is 4.83. The largest absolute Gasteiger partial charge is 0.503 e. The number of benzene rings is 1. The van der Waals surface area contributed by atoms with Crippen molar-refractivity contribution < 1.29 is 29.3 Å². The van der Waals surface area contributed by atoms with Crippen molar-refractivity contribution in [2.45, 2.75) is 12.5 Å². The van der Waals surface area contributed by atoms with Gasteiger partial charge in [-0.3, -0.25) is 14.6 Å². The van der Waals surface area contributed by atoms with E-state index in [-0.39, 0.29) is 25.0 Å². The fourth-order valence-corrected chi connectivity index (χ4v) is 4.20. The van der Waals surface area contributed by atoms with E-state index >= 15 is 0 Å². The van der Waals surface area contributed by atoms with Crippen LogP contribution in [0.3, 0.4) is 0 Å². The second-order valence-corrected chi connectivity index (χ2v) is 7.89. The van der Waals surface area contributed by atoms with Crippen molar-refractivity contribution in [3.05, 3.63) is 59.2 Å². The van der Waals surface area contributed by atoms with Crippen molar-refractivity contribution in [1.29, 1.82) is 0 Å². The number of carbonyl (C=O) groups excluding carboxylic acids is 1. The van der Waals surface area contributed by atoms with Gasteiger partial charge in [0.05, 0.1) is 12.6 Å². The first-order valence-electron chi connectivity index (χ1n) is 10.4. The molecule has 0 aromatic heterocycles. The molecule has 0 bridgehead atoms. The van der Waals surface area contributed by atoms with Gasteiger partial charge in [-0.05, 0) is 12.0 Å². The first kappa shape index (κ1) is 21.2. The average Bonchev–Trinajstić information content (AvgIpc) is 3.41. The summed E-state index contributed by atoms with van der Waals surface area (Å²) < 4.78 is 11.0. The number of nitrogens with zero attached hydrogens (tertiary/aromatic N) is 3. The molecule has 0 radical (unpaired) electrons. The SMILES string of the molecule is O=C(O)C1=C(O)C(=O)N(CCN2CCN(C(Cc3ccccc3)C3=COCO3)CC2)C1. The van der Waals surface area contributed by atoms with Crippen molar-refractivity contribution in [3.63, 3.8) is 0 Å². The molecule has 4 rings (SSSR count). The summed E-state index contributed by atoms with van der Waals surface area (Å²) in [7, 11) is 0. The zero-order valence-corrected chi connectivity index (χ0v) is 17.3. The summed E-state index contributed by atoms with van der Waals surface area (Å²) in [6.45, 7) is 4.56. The summed E-state index contributed by atoms with van der Waals surface area (Å²) in [5.41, 5.74) is 1.01. The number of carboxylic acid groups (broad SMARTS) is 1. The summed E-state index contributed by atoms with van der Waals surface area (Å²) in [6, 6.07) is 10.4. The lowest BCUT2D eigenvalue weighted by molar-refractivity contribution is -0.133. The van der Waals surface area contributed by atoms with E-state index in [4.69, 9.17) is 14.6 Å². The van der Waals surface area contributed by atoms with E-state index < -0.39 is 17.6 Å². The van der Waals surface area contributed by atoms with Crippen molar-refractivity contribution in [1.82, 2.24) is 14.7 Å². The fraction of sp³-hybridized carbons (Fsp3) is 0.455. The van der Waals surface area contributed by atoms with Gasteiger partial charge in [-0.15, -0.1) is 0 Å². The Labute approximate surface area is 180 Å². The number of piperazine rings is 1. The number of hydrogen-bond acceptors (Lipinski definition) is 7. The second-order valence-electron chi connectivity index (χ2n) is 7.89. The maximum Gasteiger partial charge on any atom is 0.337 e. The van der Waals surface area contributed by atoms with Crippen LogP contribution in [-0.4, -0.2) is 95.4 Å². The van der Waals surface area contributed by atoms with Gasteiger partial charge in [0.25, 0.3) is 5.91 Å². The summed E-state index contributed by atoms with van der Waals surface area (Å²) in [5, 5.41) is 18.8. The fourth-order valence-electron chi connectivity index (χ4n) is 4.20. The Hall–Kier alpha value is -3.04. The Kier molecular flexibility index (Phi) is 6.43. The smallest absolute Gasteiger partial charge is 0.337 e. The molecule has 3 aliphatic rings. The molecule has 9 heteroatoms. The number of carboxylic acids is 1. The maximum atomic E-state index is 12.1. The first-order valence-corrected chi connectivity index (χ1v) is 10.4. The van der Waals surface area contributed by atoms with Gasteiger partial charge in [0, 0.05) is 39.3 Å². The summed E-state index contributed by atoms with van der Waals surface area (Å²) >= 11 is 0. The molecule has 3 heterocycles. The predicted molar refractivity (Wildman–Crippen MR) is 111 cm³/mol. The van der Waals surface area contributed by atoms with Gasteiger partial charge in [0.15, 0.2) is 11.5 Å². The molecule has 0 spiro atoms. The zero-order chi connectivity index (χ0) is 21.8. The highest BCUT2D eigenvalue weighted by Crippen LogP contribution is 2.23. The van der Waals surface area contributed by atoms with Crippen LogP contribution in [0, 0.1) is 0 Å². The topological polar surface area (TPSA) is 103 Å². The lowest BCUT2D eigenvalue weighted by Gasteiger charge is -2.39. The molecular formula is C22H27N3O6. The number of aliphatic carboxylic acids is 1. The normalized spacial score (nSPS) is 21.1. The second kappa shape index (κ2) is 9.40. The molecule has 31 heavy (non-hydrogen) atoms. The summed E-state index contributed by atoms with van der Waals surface area (Å²) in [6.07, 6.45) is 2.54. The van der Waals surface area contributed by atoms with Crippen LogP contribution in [0.25, 0.3) is 0 Å². The molecule has 9 nitrogen and oxygen atoms in total. The molecule has 1 aromatic rings. The Morgan fingerprint density at radius 2 is 1.84 bits per heavy atom. The van der Waals surface area contributed by atoms with E-state index in [2.05, 4.69) is 21.9 Å². The van der Waals surface area contributed by atoms with Crippen LogP contribution in [0.4, 0.5) is 0 Å². The van der Waals surface area contributed by atoms with E-state index in [1.54, 1.807) is 6.26 Å². The van der Waals surface area contributed by atoms with E-state index in [9.17, 15) is 14.7 Å². The number of aliphatic hydroxyl groups is 1. The third-order valence-electron chi connectivity index (χ3n) is 6.01. The number of hydrogen-bond donors (Lipinski definition) is 2. The van der Waals surface area contributed by atoms with Crippen molar-refractivity contribution in [2.24, 2.45) is 0 Å². The summed E-state index contributed by atoms with van der Waals surface area (Å²) in [4.78, 5) is 29.2. The highest BCUT2D eigenvalue weighted by Gasteiger charge is 2.34. The molecule has 0 aliphatic carbocycles. The van der Waals surface area contributed by atoms with Crippen LogP contribution in [0.1, 0.15) is 5.56 Å². The van der Waals surface area contributed by atoms with Crippen LogP contribution in [0.15, 0.2) is 53.7 Å². The Morgan fingerprint density at radius 3 is 2.45 bits per heavy atom. The molecule has 1 saturated heterocycles. The number of carbonyl (C=O) groups is 2. The van der Waals surface area contributed by atoms with Crippen LogP contribution in [0.5, 0.6) is 0 Å². The molecule has 3 aliphatic heterocycles. The molecule has 1 amide bonds. The lowest BCUT2D eigenvalue weighted by atomic mass is 10.0. The minimum absolute atomic E-state index is 0.0510. The molecule has 1 fully saturated rings. The van der Waals surface area contributed by atoms with Crippen LogP contribution < -0.4 is 0 Å². The number of aliphatic hydroxyl groups excluding tert-OH is 1. The first-order chi connectivity index (χ1) is 15.0. The van der Waals surface area contributed by atoms with Gasteiger partial charge in [-0.25, -0.2) is 4.79 Å². The average molecular weight is 429 g/mol. The van der Waals surface area contributed by atoms with Gasteiger partial charge in [0.1, 0.15) is 11.8 Å². The van der Waals surface area contributed by atoms with E-state index in [0.29, 0.717) is 13.1 Å². The van der Waals surface area contributed by atoms with Crippen LogP contribution in [0.2, 0.25) is 0 Å².